The molecule has 3 N–H and O–H groups in total. The lowest BCUT2D eigenvalue weighted by Gasteiger charge is -2.16. The maximum absolute atomic E-state index is 12.0. The molecule has 2 aromatic carbocycles. The Kier molecular flexibility index (Phi) is 8.55. The van der Waals surface area contributed by atoms with Gasteiger partial charge in [0.2, 0.25) is 5.91 Å². The molecule has 0 bridgehead atoms. The van der Waals surface area contributed by atoms with Crippen LogP contribution < -0.4 is 25.6 Å². The third-order valence-electron chi connectivity index (χ3n) is 4.17. The van der Waals surface area contributed by atoms with E-state index in [2.05, 4.69) is 29.2 Å². The van der Waals surface area contributed by atoms with Gasteiger partial charge in [-0.2, -0.15) is 0 Å². The van der Waals surface area contributed by atoms with E-state index in [1.165, 1.54) is 5.56 Å². The lowest BCUT2D eigenvalue weighted by Crippen LogP contribution is -2.44. The normalized spacial score (nSPS) is 10.1. The fraction of sp³-hybridized carbons (Fsp3) is 0.333. The van der Waals surface area contributed by atoms with Crippen molar-refractivity contribution in [3.05, 3.63) is 53.6 Å². The summed E-state index contributed by atoms with van der Waals surface area (Å²) in [6.07, 6.45) is 1.82. The van der Waals surface area contributed by atoms with Crippen LogP contribution in [0.25, 0.3) is 0 Å². The van der Waals surface area contributed by atoms with Gasteiger partial charge in [0.05, 0.1) is 13.7 Å². The molecule has 0 atom stereocenters. The van der Waals surface area contributed by atoms with Crippen LogP contribution in [0.3, 0.4) is 0 Å². The Bertz CT molecular complexity index is 794. The molecule has 0 saturated heterocycles. The Labute approximate surface area is 171 Å². The van der Waals surface area contributed by atoms with Crippen LogP contribution in [0.5, 0.6) is 11.5 Å². The first-order valence-electron chi connectivity index (χ1n) is 9.24. The summed E-state index contributed by atoms with van der Waals surface area (Å²) in [5.41, 5.74) is 8.61. The topological polar surface area (TPSA) is 71.6 Å². The van der Waals surface area contributed by atoms with Gasteiger partial charge in [-0.15, -0.1) is 0 Å². The van der Waals surface area contributed by atoms with Gasteiger partial charge < -0.3 is 14.8 Å². The van der Waals surface area contributed by atoms with Gasteiger partial charge in [-0.25, -0.2) is 0 Å². The zero-order valence-electron chi connectivity index (χ0n) is 16.5. The molecule has 0 aliphatic rings. The van der Waals surface area contributed by atoms with Crippen molar-refractivity contribution < 1.29 is 14.3 Å². The highest BCUT2D eigenvalue weighted by atomic mass is 32.1. The van der Waals surface area contributed by atoms with Gasteiger partial charge >= 0.3 is 0 Å². The van der Waals surface area contributed by atoms with Crippen LogP contribution in [0.2, 0.25) is 0 Å². The number of para-hydroxylation sites is 1. The highest BCUT2D eigenvalue weighted by molar-refractivity contribution is 7.80. The zero-order chi connectivity index (χ0) is 20.4. The first kappa shape index (κ1) is 21.5. The molecular weight excluding hydrogens is 374 g/mol. The van der Waals surface area contributed by atoms with Gasteiger partial charge in [-0.05, 0) is 67.4 Å². The molecule has 0 unspecified atom stereocenters. The van der Waals surface area contributed by atoms with E-state index < -0.39 is 0 Å². The van der Waals surface area contributed by atoms with Gasteiger partial charge in [0.15, 0.2) is 5.11 Å². The monoisotopic (exact) mass is 401 g/mol. The molecule has 7 heteroatoms. The van der Waals surface area contributed by atoms with Crippen LogP contribution in [0.15, 0.2) is 42.5 Å². The predicted molar refractivity (Wildman–Crippen MR) is 116 cm³/mol. The second-order valence-electron chi connectivity index (χ2n) is 6.22. The van der Waals surface area contributed by atoms with Crippen molar-refractivity contribution in [2.75, 3.05) is 19.0 Å². The van der Waals surface area contributed by atoms with Crippen LogP contribution in [0, 0.1) is 6.92 Å². The van der Waals surface area contributed by atoms with E-state index in [4.69, 9.17) is 21.7 Å². The summed E-state index contributed by atoms with van der Waals surface area (Å²) in [5, 5.41) is 3.51. The van der Waals surface area contributed by atoms with E-state index in [1.54, 1.807) is 7.11 Å². The van der Waals surface area contributed by atoms with Crippen LogP contribution in [0.4, 0.5) is 5.69 Å². The zero-order valence-corrected chi connectivity index (χ0v) is 17.3. The Morgan fingerprint density at radius 1 is 1.07 bits per heavy atom. The summed E-state index contributed by atoms with van der Waals surface area (Å²) in [6, 6.07) is 13.4. The molecule has 1 amide bonds. The van der Waals surface area contributed by atoms with Crippen LogP contribution in [-0.2, 0) is 11.2 Å². The third-order valence-corrected chi connectivity index (χ3v) is 4.37. The molecule has 6 nitrogen and oxygen atoms in total. The lowest BCUT2D eigenvalue weighted by molar-refractivity contribution is -0.121. The number of aryl methyl sites for hydroxylation is 2. The average Bonchev–Trinajstić information content (AvgIpc) is 2.71. The molecule has 2 aromatic rings. The lowest BCUT2D eigenvalue weighted by atomic mass is 10.1. The van der Waals surface area contributed by atoms with Crippen molar-refractivity contribution in [3.8, 4) is 11.5 Å². The Morgan fingerprint density at radius 2 is 1.79 bits per heavy atom. The van der Waals surface area contributed by atoms with Crippen LogP contribution in [0.1, 0.15) is 30.9 Å². The molecule has 0 spiro atoms. The van der Waals surface area contributed by atoms with Crippen LogP contribution >= 0.6 is 12.2 Å². The van der Waals surface area contributed by atoms with E-state index in [1.807, 2.05) is 43.3 Å². The molecule has 150 valence electrons. The molecule has 0 aliphatic carbocycles. The van der Waals surface area contributed by atoms with Crippen molar-refractivity contribution in [3.63, 3.8) is 0 Å². The second kappa shape index (κ2) is 11.1. The van der Waals surface area contributed by atoms with Crippen molar-refractivity contribution in [1.29, 1.82) is 0 Å². The van der Waals surface area contributed by atoms with E-state index in [0.29, 0.717) is 24.6 Å². The SMILES string of the molecule is CCc1cccc(C)c1NC(=S)NNC(=O)CCCOc1ccc(OC)cc1. The summed E-state index contributed by atoms with van der Waals surface area (Å²) in [5.74, 6) is 1.37. The Balaban J connectivity index is 1.67. The quantitative estimate of drug-likeness (QED) is 0.356. The predicted octanol–water partition coefficient (Wildman–Crippen LogP) is 3.74. The molecule has 0 heterocycles. The first-order valence-corrected chi connectivity index (χ1v) is 9.65. The molecule has 0 fully saturated rings. The Hall–Kier alpha value is -2.80. The van der Waals surface area contributed by atoms with Crippen molar-refractivity contribution in [2.45, 2.75) is 33.1 Å². The van der Waals surface area contributed by atoms with Crippen molar-refractivity contribution in [2.24, 2.45) is 0 Å². The fourth-order valence-corrected chi connectivity index (χ4v) is 2.78. The molecule has 0 aliphatic heterocycles. The molecule has 0 saturated carbocycles. The number of amides is 1. The highest BCUT2D eigenvalue weighted by Gasteiger charge is 2.07. The summed E-state index contributed by atoms with van der Waals surface area (Å²) in [7, 11) is 1.62. The van der Waals surface area contributed by atoms with Crippen LogP contribution in [-0.4, -0.2) is 24.7 Å². The number of hydrogen-bond donors (Lipinski definition) is 3. The van der Waals surface area contributed by atoms with Gasteiger partial charge in [0, 0.05) is 12.1 Å². The van der Waals surface area contributed by atoms with Crippen molar-refractivity contribution in [1.82, 2.24) is 10.9 Å². The van der Waals surface area contributed by atoms with E-state index in [-0.39, 0.29) is 5.91 Å². The van der Waals surface area contributed by atoms with Gasteiger partial charge in [0.1, 0.15) is 11.5 Å². The fourth-order valence-electron chi connectivity index (χ4n) is 2.63. The highest BCUT2D eigenvalue weighted by Crippen LogP contribution is 2.20. The maximum atomic E-state index is 12.0. The number of anilines is 1. The van der Waals surface area contributed by atoms with Crippen molar-refractivity contribution >= 4 is 28.9 Å². The van der Waals surface area contributed by atoms with Gasteiger partial charge in [-0.1, -0.05) is 25.1 Å². The summed E-state index contributed by atoms with van der Waals surface area (Å²) >= 11 is 5.27. The number of methoxy groups -OCH3 is 1. The Morgan fingerprint density at radius 3 is 2.46 bits per heavy atom. The number of ether oxygens (including phenoxy) is 2. The summed E-state index contributed by atoms with van der Waals surface area (Å²) in [4.78, 5) is 12.0. The summed E-state index contributed by atoms with van der Waals surface area (Å²) < 4.78 is 10.7. The molecule has 2 rings (SSSR count). The number of benzene rings is 2. The standard InChI is InChI=1S/C21H27N3O3S/c1-4-16-8-5-7-15(2)20(16)22-21(28)24-23-19(25)9-6-14-27-18-12-10-17(26-3)11-13-18/h5,7-8,10-13H,4,6,9,14H2,1-3H3,(H,23,25)(H2,22,24,28). The number of hydrazine groups is 1. The van der Waals surface area contributed by atoms with E-state index >= 15 is 0 Å². The smallest absolute Gasteiger partial charge is 0.238 e. The summed E-state index contributed by atoms with van der Waals surface area (Å²) in [6.45, 7) is 4.56. The van der Waals surface area contributed by atoms with Gasteiger partial charge in [-0.3, -0.25) is 15.6 Å². The number of hydrogen-bond acceptors (Lipinski definition) is 4. The maximum Gasteiger partial charge on any atom is 0.238 e. The number of thiocarbonyl (C=S) groups is 1. The number of nitrogens with one attached hydrogen (secondary N) is 3. The molecular formula is C21H27N3O3S. The number of rotatable bonds is 8. The molecule has 0 radical (unpaired) electrons. The van der Waals surface area contributed by atoms with Gasteiger partial charge in [0.25, 0.3) is 0 Å². The minimum atomic E-state index is -0.150. The van der Waals surface area contributed by atoms with E-state index in [9.17, 15) is 4.79 Å². The average molecular weight is 402 g/mol. The minimum Gasteiger partial charge on any atom is -0.497 e. The molecule has 28 heavy (non-hydrogen) atoms. The number of carbonyl (C=O) groups excluding carboxylic acids is 1. The minimum absolute atomic E-state index is 0.150. The second-order valence-corrected chi connectivity index (χ2v) is 6.63. The third kappa shape index (κ3) is 6.74. The molecule has 0 aromatic heterocycles. The first-order chi connectivity index (χ1) is 13.5. The van der Waals surface area contributed by atoms with E-state index in [0.717, 1.165) is 29.2 Å². The number of carbonyl (C=O) groups is 1. The largest absolute Gasteiger partial charge is 0.497 e.